The van der Waals surface area contributed by atoms with Crippen LogP contribution in [-0.4, -0.2) is 23.1 Å². The number of rotatable bonds is 5. The van der Waals surface area contributed by atoms with Gasteiger partial charge in [0.1, 0.15) is 10.8 Å². The molecule has 0 aliphatic rings. The summed E-state index contributed by atoms with van der Waals surface area (Å²) in [6.07, 6.45) is 0. The van der Waals surface area contributed by atoms with Crippen LogP contribution in [0.1, 0.15) is 22.5 Å². The molecule has 0 fully saturated rings. The molecule has 2 rings (SSSR count). The summed E-state index contributed by atoms with van der Waals surface area (Å²) in [6.45, 7) is 3.34. The zero-order valence-electron chi connectivity index (χ0n) is 12.3. The Morgan fingerprint density at radius 3 is 2.77 bits per heavy atom. The van der Waals surface area contributed by atoms with Crippen LogP contribution in [0.5, 0.6) is 5.75 Å². The molecule has 2 aromatic rings. The van der Waals surface area contributed by atoms with Crippen molar-refractivity contribution in [3.63, 3.8) is 0 Å². The first-order valence-electron chi connectivity index (χ1n) is 6.31. The number of benzene rings is 1. The molecular formula is C15H13N3O2S2. The number of thioether (sulfide) groups is 1. The second kappa shape index (κ2) is 7.20. The first-order valence-corrected chi connectivity index (χ1v) is 8.01. The highest BCUT2D eigenvalue weighted by atomic mass is 32.2. The number of nitrogens with zero attached hydrogens (tertiary/aromatic N) is 3. The number of carbonyl (C=O) groups excluding carboxylic acids is 1. The summed E-state index contributed by atoms with van der Waals surface area (Å²) < 4.78 is 5.28. The quantitative estimate of drug-likeness (QED) is 0.617. The number of nitriles is 1. The van der Waals surface area contributed by atoms with E-state index in [-0.39, 0.29) is 5.78 Å². The number of aryl methyl sites for hydroxylation is 1. The number of methoxy groups -OCH3 is 1. The van der Waals surface area contributed by atoms with E-state index in [1.54, 1.807) is 30.7 Å². The van der Waals surface area contributed by atoms with Crippen LogP contribution in [0.3, 0.4) is 0 Å². The van der Waals surface area contributed by atoms with Gasteiger partial charge in [-0.05, 0) is 37.5 Å². The summed E-state index contributed by atoms with van der Waals surface area (Å²) in [7, 11) is 1.55. The molecule has 0 atom stereocenters. The topological polar surface area (TPSA) is 75.9 Å². The fraction of sp³-hybridized carbons (Fsp3) is 0.200. The minimum Gasteiger partial charge on any atom is -0.496 e. The van der Waals surface area contributed by atoms with E-state index in [1.807, 2.05) is 6.92 Å². The third-order valence-corrected chi connectivity index (χ3v) is 4.55. The molecule has 1 heterocycles. The zero-order chi connectivity index (χ0) is 16.1. The molecule has 1 aromatic heterocycles. The van der Waals surface area contributed by atoms with Crippen LogP contribution in [-0.2, 0) is 4.79 Å². The van der Waals surface area contributed by atoms with Crippen molar-refractivity contribution < 1.29 is 9.53 Å². The lowest BCUT2D eigenvalue weighted by atomic mass is 10.2. The first kappa shape index (κ1) is 16.2. The van der Waals surface area contributed by atoms with E-state index in [9.17, 15) is 4.79 Å². The predicted octanol–water partition coefficient (Wildman–Crippen LogP) is 3.45. The van der Waals surface area contributed by atoms with Crippen LogP contribution in [0.4, 0.5) is 0 Å². The highest BCUT2D eigenvalue weighted by Gasteiger charge is 2.13. The SMILES string of the molecule is COc1cc(C#N)ccc1S/C=C(\C(C)=O)c1nnc(C)s1. The van der Waals surface area contributed by atoms with Gasteiger partial charge in [0.05, 0.1) is 29.2 Å². The fourth-order valence-electron chi connectivity index (χ4n) is 1.65. The van der Waals surface area contributed by atoms with E-state index < -0.39 is 0 Å². The number of ether oxygens (including phenoxy) is 1. The summed E-state index contributed by atoms with van der Waals surface area (Å²) in [4.78, 5) is 12.6. The van der Waals surface area contributed by atoms with Crippen molar-refractivity contribution in [3.05, 3.63) is 39.2 Å². The molecule has 0 unspecified atom stereocenters. The van der Waals surface area contributed by atoms with Crippen LogP contribution in [0.2, 0.25) is 0 Å². The van der Waals surface area contributed by atoms with Gasteiger partial charge in [-0.1, -0.05) is 23.1 Å². The second-order valence-electron chi connectivity index (χ2n) is 4.31. The maximum absolute atomic E-state index is 11.8. The van der Waals surface area contributed by atoms with Gasteiger partial charge in [0.2, 0.25) is 0 Å². The Morgan fingerprint density at radius 1 is 1.45 bits per heavy atom. The molecule has 0 aliphatic carbocycles. The molecule has 112 valence electrons. The minimum absolute atomic E-state index is 0.0729. The van der Waals surface area contributed by atoms with Gasteiger partial charge in [0.25, 0.3) is 0 Å². The molecule has 7 heteroatoms. The van der Waals surface area contributed by atoms with Gasteiger partial charge in [-0.25, -0.2) is 0 Å². The lowest BCUT2D eigenvalue weighted by molar-refractivity contribution is -0.111. The van der Waals surface area contributed by atoms with E-state index >= 15 is 0 Å². The number of aromatic nitrogens is 2. The van der Waals surface area contributed by atoms with E-state index in [4.69, 9.17) is 10.00 Å². The van der Waals surface area contributed by atoms with Crippen LogP contribution >= 0.6 is 23.1 Å². The molecule has 0 saturated carbocycles. The maximum Gasteiger partial charge on any atom is 0.163 e. The van der Waals surface area contributed by atoms with Gasteiger partial charge in [-0.15, -0.1) is 10.2 Å². The van der Waals surface area contributed by atoms with Crippen molar-refractivity contribution in [2.75, 3.05) is 7.11 Å². The van der Waals surface area contributed by atoms with Crippen LogP contribution in [0.15, 0.2) is 28.5 Å². The Morgan fingerprint density at radius 2 is 2.23 bits per heavy atom. The van der Waals surface area contributed by atoms with Gasteiger partial charge in [0, 0.05) is 0 Å². The van der Waals surface area contributed by atoms with E-state index in [1.165, 1.54) is 30.0 Å². The van der Waals surface area contributed by atoms with Crippen molar-refractivity contribution in [2.45, 2.75) is 18.7 Å². The Labute approximate surface area is 136 Å². The first-order chi connectivity index (χ1) is 10.5. The predicted molar refractivity (Wildman–Crippen MR) is 86.9 cm³/mol. The molecule has 0 saturated heterocycles. The van der Waals surface area contributed by atoms with E-state index in [2.05, 4.69) is 16.3 Å². The number of hydrogen-bond acceptors (Lipinski definition) is 7. The summed E-state index contributed by atoms with van der Waals surface area (Å²) in [5.41, 5.74) is 1.04. The number of allylic oxidation sites excluding steroid dienone is 1. The molecule has 0 N–H and O–H groups in total. The highest BCUT2D eigenvalue weighted by molar-refractivity contribution is 8.02. The summed E-state index contributed by atoms with van der Waals surface area (Å²) in [5.74, 6) is 0.521. The number of hydrogen-bond donors (Lipinski definition) is 0. The van der Waals surface area contributed by atoms with Crippen LogP contribution in [0.25, 0.3) is 5.57 Å². The number of Topliss-reactive ketones (excluding diaryl/α,β-unsaturated/α-hetero) is 1. The molecule has 0 aliphatic heterocycles. The summed E-state index contributed by atoms with van der Waals surface area (Å²) in [6, 6.07) is 7.23. The van der Waals surface area contributed by atoms with Crippen molar-refractivity contribution >= 4 is 34.5 Å². The zero-order valence-corrected chi connectivity index (χ0v) is 13.9. The normalized spacial score (nSPS) is 11.1. The van der Waals surface area contributed by atoms with Gasteiger partial charge in [0.15, 0.2) is 10.8 Å². The largest absolute Gasteiger partial charge is 0.496 e. The van der Waals surface area contributed by atoms with Gasteiger partial charge in [-0.3, -0.25) is 4.79 Å². The second-order valence-corrected chi connectivity index (χ2v) is 6.40. The lowest BCUT2D eigenvalue weighted by Crippen LogP contribution is -1.95. The monoisotopic (exact) mass is 331 g/mol. The van der Waals surface area contributed by atoms with Crippen LogP contribution < -0.4 is 4.74 Å². The lowest BCUT2D eigenvalue weighted by Gasteiger charge is -2.06. The molecular weight excluding hydrogens is 318 g/mol. The van der Waals surface area contributed by atoms with Gasteiger partial charge >= 0.3 is 0 Å². The van der Waals surface area contributed by atoms with E-state index in [0.717, 1.165) is 9.90 Å². The van der Waals surface area contributed by atoms with Gasteiger partial charge in [-0.2, -0.15) is 5.26 Å². The molecule has 1 aromatic carbocycles. The average molecular weight is 331 g/mol. The average Bonchev–Trinajstić information content (AvgIpc) is 2.93. The Balaban J connectivity index is 2.32. The minimum atomic E-state index is -0.0729. The third-order valence-electron chi connectivity index (χ3n) is 2.73. The molecule has 22 heavy (non-hydrogen) atoms. The standard InChI is InChI=1S/C15H13N3O2S2/c1-9(19)12(15-18-17-10(2)22-15)8-21-14-5-4-11(7-16)6-13(14)20-3/h4-6,8H,1-3H3/b12-8+. The summed E-state index contributed by atoms with van der Waals surface area (Å²) in [5, 5.41) is 20.0. The van der Waals surface area contributed by atoms with Crippen molar-refractivity contribution in [3.8, 4) is 11.8 Å². The summed E-state index contributed by atoms with van der Waals surface area (Å²) >= 11 is 2.73. The Bertz CT molecular complexity index is 775. The van der Waals surface area contributed by atoms with Crippen molar-refractivity contribution in [2.24, 2.45) is 0 Å². The van der Waals surface area contributed by atoms with Crippen molar-refractivity contribution in [1.29, 1.82) is 5.26 Å². The smallest absolute Gasteiger partial charge is 0.163 e. The molecule has 0 amide bonds. The Kier molecular flexibility index (Phi) is 5.31. The number of ketones is 1. The number of carbonyl (C=O) groups is 1. The van der Waals surface area contributed by atoms with Gasteiger partial charge < -0.3 is 4.74 Å². The fourth-order valence-corrected chi connectivity index (χ4v) is 3.40. The maximum atomic E-state index is 11.8. The van der Waals surface area contributed by atoms with Crippen molar-refractivity contribution in [1.82, 2.24) is 10.2 Å². The van der Waals surface area contributed by atoms with Crippen LogP contribution in [0, 0.1) is 18.3 Å². The Hall–Kier alpha value is -2.17. The molecule has 5 nitrogen and oxygen atoms in total. The highest BCUT2D eigenvalue weighted by Crippen LogP contribution is 2.33. The molecule has 0 bridgehead atoms. The van der Waals surface area contributed by atoms with E-state index in [0.29, 0.717) is 21.9 Å². The molecule has 0 spiro atoms. The molecule has 0 radical (unpaired) electrons. The third kappa shape index (κ3) is 3.72.